The quantitative estimate of drug-likeness (QED) is 0.116. The first-order valence-electron chi connectivity index (χ1n) is 12.1. The molecule has 0 radical (unpaired) electrons. The third kappa shape index (κ3) is 5.50. The van der Waals surface area contributed by atoms with Crippen LogP contribution in [0.1, 0.15) is 26.4 Å². The largest absolute Gasteiger partial charge is 0.497 e. The van der Waals surface area contributed by atoms with Crippen LogP contribution in [0, 0.1) is 0 Å². The molecule has 0 saturated carbocycles. The molecule has 194 valence electrons. The Hall–Kier alpha value is -5.37. The van der Waals surface area contributed by atoms with E-state index in [9.17, 15) is 9.59 Å². The highest BCUT2D eigenvalue weighted by Gasteiger charge is 2.19. The summed E-state index contributed by atoms with van der Waals surface area (Å²) in [5, 5.41) is 5.00. The van der Waals surface area contributed by atoms with E-state index in [0.29, 0.717) is 34.1 Å². The highest BCUT2D eigenvalue weighted by Crippen LogP contribution is 2.34. The monoisotopic (exact) mass is 519 g/mol. The summed E-state index contributed by atoms with van der Waals surface area (Å²) in [6, 6.07) is 28.8. The van der Waals surface area contributed by atoms with Crippen molar-refractivity contribution in [2.24, 2.45) is 5.10 Å². The first-order valence-corrected chi connectivity index (χ1v) is 12.1. The number of carbonyl (C=O) groups excluding carboxylic acids is 2. The molecular weight excluding hydrogens is 494 g/mol. The molecule has 5 aromatic rings. The summed E-state index contributed by atoms with van der Waals surface area (Å²) >= 11 is 0. The molecule has 8 heteroatoms. The second-order valence-electron chi connectivity index (χ2n) is 8.51. The van der Waals surface area contributed by atoms with Crippen molar-refractivity contribution in [1.29, 1.82) is 0 Å². The van der Waals surface area contributed by atoms with Gasteiger partial charge in [0.1, 0.15) is 22.9 Å². The van der Waals surface area contributed by atoms with Crippen LogP contribution in [0.4, 0.5) is 0 Å². The number of H-pyrrole nitrogens is 1. The summed E-state index contributed by atoms with van der Waals surface area (Å²) < 4.78 is 16.1. The number of hydrogen-bond donors (Lipinski definition) is 2. The molecule has 1 heterocycles. The van der Waals surface area contributed by atoms with Crippen molar-refractivity contribution in [3.8, 4) is 28.4 Å². The molecule has 0 fully saturated rings. The van der Waals surface area contributed by atoms with E-state index in [2.05, 4.69) is 15.5 Å². The minimum absolute atomic E-state index is 0.305. The first kappa shape index (κ1) is 25.3. The molecule has 1 amide bonds. The maximum atomic E-state index is 13.3. The number of benzene rings is 4. The van der Waals surface area contributed by atoms with E-state index >= 15 is 0 Å². The number of fused-ring (bicyclic) bond motifs is 1. The molecule has 0 spiro atoms. The van der Waals surface area contributed by atoms with Crippen LogP contribution in [0.5, 0.6) is 17.2 Å². The average Bonchev–Trinajstić information content (AvgIpc) is 3.37. The van der Waals surface area contributed by atoms with Crippen LogP contribution in [-0.2, 0) is 0 Å². The van der Waals surface area contributed by atoms with Gasteiger partial charge in [0.05, 0.1) is 26.0 Å². The van der Waals surface area contributed by atoms with E-state index in [-0.39, 0.29) is 0 Å². The second kappa shape index (κ2) is 11.4. The molecule has 1 aromatic heterocycles. The maximum Gasteiger partial charge on any atom is 0.343 e. The minimum Gasteiger partial charge on any atom is -0.497 e. The Bertz CT molecular complexity index is 1660. The molecule has 0 atom stereocenters. The van der Waals surface area contributed by atoms with Gasteiger partial charge in [-0.2, -0.15) is 5.10 Å². The highest BCUT2D eigenvalue weighted by atomic mass is 16.5. The summed E-state index contributed by atoms with van der Waals surface area (Å²) in [5.41, 5.74) is 6.25. The number of hydrogen-bond acceptors (Lipinski definition) is 6. The summed E-state index contributed by atoms with van der Waals surface area (Å²) in [6.07, 6.45) is 1.43. The fourth-order valence-corrected chi connectivity index (χ4v) is 4.16. The number of rotatable bonds is 8. The van der Waals surface area contributed by atoms with Crippen molar-refractivity contribution in [2.75, 3.05) is 14.2 Å². The maximum absolute atomic E-state index is 13.3. The van der Waals surface area contributed by atoms with Gasteiger partial charge in [-0.05, 0) is 60.2 Å². The lowest BCUT2D eigenvalue weighted by Gasteiger charge is -2.08. The number of amides is 1. The van der Waals surface area contributed by atoms with E-state index in [1.165, 1.54) is 6.21 Å². The molecule has 0 aliphatic carbocycles. The molecular formula is C31H25N3O5. The Morgan fingerprint density at radius 3 is 2.26 bits per heavy atom. The summed E-state index contributed by atoms with van der Waals surface area (Å²) in [5.74, 6) is 0.680. The molecule has 0 aliphatic rings. The van der Waals surface area contributed by atoms with Crippen LogP contribution in [0.2, 0.25) is 0 Å². The number of hydrazone groups is 1. The topological polar surface area (TPSA) is 102 Å². The van der Waals surface area contributed by atoms with Gasteiger partial charge in [-0.1, -0.05) is 42.5 Å². The third-order valence-corrected chi connectivity index (χ3v) is 6.11. The molecule has 0 unspecified atom stereocenters. The zero-order valence-corrected chi connectivity index (χ0v) is 21.3. The Morgan fingerprint density at radius 2 is 1.51 bits per heavy atom. The van der Waals surface area contributed by atoms with Crippen LogP contribution in [-0.4, -0.2) is 37.3 Å². The van der Waals surface area contributed by atoms with Crippen molar-refractivity contribution in [3.05, 3.63) is 114 Å². The molecule has 2 N–H and O–H groups in total. The average molecular weight is 520 g/mol. The van der Waals surface area contributed by atoms with Crippen LogP contribution in [0.25, 0.3) is 22.0 Å². The number of aromatic nitrogens is 1. The number of methoxy groups -OCH3 is 2. The molecule has 0 aliphatic heterocycles. The fraction of sp³-hybridized carbons (Fsp3) is 0.0645. The summed E-state index contributed by atoms with van der Waals surface area (Å²) in [4.78, 5) is 29.1. The number of aromatic amines is 1. The van der Waals surface area contributed by atoms with Crippen molar-refractivity contribution >= 4 is 29.0 Å². The first-order chi connectivity index (χ1) is 19.1. The van der Waals surface area contributed by atoms with E-state index in [1.807, 2.05) is 48.5 Å². The number of carbonyl (C=O) groups is 2. The molecule has 39 heavy (non-hydrogen) atoms. The lowest BCUT2D eigenvalue weighted by molar-refractivity contribution is 0.0734. The lowest BCUT2D eigenvalue weighted by Crippen LogP contribution is -2.19. The van der Waals surface area contributed by atoms with E-state index in [1.54, 1.807) is 62.8 Å². The van der Waals surface area contributed by atoms with Gasteiger partial charge in [0.2, 0.25) is 0 Å². The molecule has 0 saturated heterocycles. The number of nitrogens with one attached hydrogen (secondary N) is 2. The smallest absolute Gasteiger partial charge is 0.343 e. The SMILES string of the molecule is COc1ccc(C(=O)Oc2ccccc2C=NNC(=O)c2[nH]c3ccc(OC)cc3c2-c2ccccc2)cc1. The molecule has 0 bridgehead atoms. The minimum atomic E-state index is -0.524. The van der Waals surface area contributed by atoms with Crippen LogP contribution < -0.4 is 19.6 Å². The van der Waals surface area contributed by atoms with Crippen molar-refractivity contribution in [1.82, 2.24) is 10.4 Å². The predicted octanol–water partition coefficient (Wildman–Crippen LogP) is 5.84. The number of esters is 1. The van der Waals surface area contributed by atoms with Gasteiger partial charge in [-0.3, -0.25) is 4.79 Å². The lowest BCUT2D eigenvalue weighted by atomic mass is 10.0. The molecule has 8 nitrogen and oxygen atoms in total. The van der Waals surface area contributed by atoms with Gasteiger partial charge < -0.3 is 19.2 Å². The van der Waals surface area contributed by atoms with E-state index in [0.717, 1.165) is 22.0 Å². The Kier molecular flexibility index (Phi) is 7.36. The molecule has 5 rings (SSSR count). The normalized spacial score (nSPS) is 10.9. The van der Waals surface area contributed by atoms with Crippen molar-refractivity contribution in [3.63, 3.8) is 0 Å². The zero-order chi connectivity index (χ0) is 27.2. The van der Waals surface area contributed by atoms with Gasteiger partial charge in [0, 0.05) is 22.0 Å². The molecule has 4 aromatic carbocycles. The van der Waals surface area contributed by atoms with Crippen molar-refractivity contribution < 1.29 is 23.8 Å². The second-order valence-corrected chi connectivity index (χ2v) is 8.51. The fourth-order valence-electron chi connectivity index (χ4n) is 4.16. The van der Waals surface area contributed by atoms with E-state index < -0.39 is 11.9 Å². The Balaban J connectivity index is 1.38. The number of nitrogens with zero attached hydrogens (tertiary/aromatic N) is 1. The Morgan fingerprint density at radius 1 is 0.821 bits per heavy atom. The van der Waals surface area contributed by atoms with Crippen LogP contribution in [0.3, 0.4) is 0 Å². The van der Waals surface area contributed by atoms with Crippen molar-refractivity contribution in [2.45, 2.75) is 0 Å². The third-order valence-electron chi connectivity index (χ3n) is 6.11. The standard InChI is InChI=1S/C31H25N3O5/c1-37-23-14-12-21(13-15-23)31(36)39-27-11-7-6-10-22(27)19-32-34-30(35)29-28(20-8-4-3-5-9-20)25-18-24(38-2)16-17-26(25)33-29/h3-19,33H,1-2H3,(H,34,35). The zero-order valence-electron chi connectivity index (χ0n) is 21.3. The number of para-hydroxylation sites is 1. The highest BCUT2D eigenvalue weighted by molar-refractivity contribution is 6.10. The predicted molar refractivity (Wildman–Crippen MR) is 150 cm³/mol. The van der Waals surface area contributed by atoms with Gasteiger partial charge in [-0.15, -0.1) is 0 Å². The van der Waals surface area contributed by atoms with Gasteiger partial charge in [-0.25, -0.2) is 10.2 Å². The van der Waals surface area contributed by atoms with Gasteiger partial charge >= 0.3 is 5.97 Å². The summed E-state index contributed by atoms with van der Waals surface area (Å²) in [7, 11) is 3.16. The summed E-state index contributed by atoms with van der Waals surface area (Å²) in [6.45, 7) is 0. The van der Waals surface area contributed by atoms with E-state index in [4.69, 9.17) is 14.2 Å². The van der Waals surface area contributed by atoms with Gasteiger partial charge in [0.15, 0.2) is 0 Å². The number of ether oxygens (including phenoxy) is 3. The van der Waals surface area contributed by atoms with Crippen LogP contribution >= 0.6 is 0 Å². The Labute approximate surface area is 224 Å². The van der Waals surface area contributed by atoms with Crippen LogP contribution in [0.15, 0.2) is 102 Å². The van der Waals surface area contributed by atoms with Gasteiger partial charge in [0.25, 0.3) is 5.91 Å².